The Labute approximate surface area is 115 Å². The van der Waals surface area contributed by atoms with Gasteiger partial charge < -0.3 is 5.32 Å². The van der Waals surface area contributed by atoms with Gasteiger partial charge in [0.15, 0.2) is 0 Å². The Bertz CT molecular complexity index is 376. The van der Waals surface area contributed by atoms with E-state index in [0.29, 0.717) is 35.6 Å². The maximum absolute atomic E-state index is 10.4. The predicted molar refractivity (Wildman–Crippen MR) is 73.0 cm³/mol. The highest BCUT2D eigenvalue weighted by Crippen LogP contribution is 2.29. The van der Waals surface area contributed by atoms with Crippen LogP contribution >= 0.6 is 34.8 Å². The van der Waals surface area contributed by atoms with Crippen LogP contribution in [0.2, 0.25) is 10.0 Å². The van der Waals surface area contributed by atoms with Crippen LogP contribution in [0.5, 0.6) is 0 Å². The van der Waals surface area contributed by atoms with Gasteiger partial charge in [-0.1, -0.05) is 29.3 Å². The Morgan fingerprint density at radius 2 is 2.06 bits per heavy atom. The molecule has 0 amide bonds. The van der Waals surface area contributed by atoms with Crippen LogP contribution in [0.3, 0.4) is 0 Å². The molecule has 7 heteroatoms. The first-order chi connectivity index (χ1) is 8.19. The van der Waals surface area contributed by atoms with Crippen LogP contribution in [0.15, 0.2) is 23.5 Å². The largest absolute Gasteiger partial charge is 0.382 e. The van der Waals surface area contributed by atoms with E-state index in [2.05, 4.69) is 10.6 Å². The third kappa shape index (κ3) is 4.58. The third-order valence-electron chi connectivity index (χ3n) is 2.10. The monoisotopic (exact) mass is 295 g/mol. The summed E-state index contributed by atoms with van der Waals surface area (Å²) in [6.45, 7) is 1.41. The van der Waals surface area contributed by atoms with Gasteiger partial charge in [-0.2, -0.15) is 0 Å². The van der Waals surface area contributed by atoms with Crippen molar-refractivity contribution >= 4 is 40.5 Å². The average Bonchev–Trinajstić information content (AvgIpc) is 2.33. The number of anilines is 1. The summed E-state index contributed by atoms with van der Waals surface area (Å²) in [5, 5.41) is 8.23. The zero-order valence-electron chi connectivity index (χ0n) is 9.00. The van der Waals surface area contributed by atoms with Crippen molar-refractivity contribution < 1.29 is 0 Å². The van der Waals surface area contributed by atoms with Crippen molar-refractivity contribution in [3.8, 4) is 0 Å². The van der Waals surface area contributed by atoms with Crippen LogP contribution in [0.25, 0.3) is 0 Å². The third-order valence-corrected chi connectivity index (χ3v) is 3.08. The molecule has 4 nitrogen and oxygen atoms in total. The molecular weight excluding hydrogens is 284 g/mol. The predicted octanol–water partition coefficient (Wildman–Crippen LogP) is 3.63. The summed E-state index contributed by atoms with van der Waals surface area (Å²) in [6.07, 6.45) is 0. The summed E-state index contributed by atoms with van der Waals surface area (Å²) in [7, 11) is 0. The number of hydrogen-bond donors (Lipinski definition) is 1. The number of nitrogens with zero attached hydrogens (tertiary/aromatic N) is 2. The molecule has 94 valence electrons. The molecule has 0 radical (unpaired) electrons. The van der Waals surface area contributed by atoms with E-state index in [0.717, 1.165) is 5.69 Å². The molecule has 0 atom stereocenters. The molecule has 0 heterocycles. The van der Waals surface area contributed by atoms with Crippen LogP contribution < -0.4 is 5.32 Å². The molecule has 0 fully saturated rings. The minimum Gasteiger partial charge on any atom is -0.382 e. The van der Waals surface area contributed by atoms with E-state index >= 15 is 0 Å². The Balaban J connectivity index is 2.45. The normalized spacial score (nSPS) is 10.1. The molecule has 0 aliphatic heterocycles. The van der Waals surface area contributed by atoms with Crippen molar-refractivity contribution in [3.05, 3.63) is 33.2 Å². The number of alkyl halides is 1. The molecule has 0 saturated heterocycles. The van der Waals surface area contributed by atoms with Crippen LogP contribution in [0.4, 0.5) is 5.69 Å². The molecule has 0 unspecified atom stereocenters. The van der Waals surface area contributed by atoms with E-state index in [1.807, 2.05) is 6.07 Å². The summed E-state index contributed by atoms with van der Waals surface area (Å²) in [5.41, 5.74) is 0.732. The zero-order valence-corrected chi connectivity index (χ0v) is 11.3. The van der Waals surface area contributed by atoms with Crippen molar-refractivity contribution in [1.82, 2.24) is 5.01 Å². The van der Waals surface area contributed by atoms with Crippen molar-refractivity contribution in [1.29, 1.82) is 0 Å². The summed E-state index contributed by atoms with van der Waals surface area (Å²) < 4.78 is 0. The molecule has 0 aliphatic rings. The number of rotatable bonds is 7. The number of benzene rings is 1. The van der Waals surface area contributed by atoms with Gasteiger partial charge in [-0.05, 0) is 12.1 Å². The molecule has 1 N–H and O–H groups in total. The standard InChI is InChI=1S/C10H12Cl3N3O/c11-4-6-16(15-17)7-5-14-9-3-1-2-8(12)10(9)13/h1-3,14H,4-7H2. The van der Waals surface area contributed by atoms with Crippen LogP contribution in [-0.4, -0.2) is 30.5 Å². The smallest absolute Gasteiger partial charge is 0.0823 e. The van der Waals surface area contributed by atoms with Gasteiger partial charge in [-0.3, -0.25) is 5.01 Å². The number of hydrogen-bond acceptors (Lipinski definition) is 3. The second-order valence-electron chi connectivity index (χ2n) is 3.25. The Kier molecular flexibility index (Phi) is 6.40. The average molecular weight is 297 g/mol. The molecule has 0 saturated carbocycles. The van der Waals surface area contributed by atoms with Gasteiger partial charge in [-0.15, -0.1) is 16.5 Å². The second-order valence-corrected chi connectivity index (χ2v) is 4.42. The lowest BCUT2D eigenvalue weighted by Gasteiger charge is -2.15. The zero-order chi connectivity index (χ0) is 12.7. The molecule has 0 aromatic heterocycles. The van der Waals surface area contributed by atoms with E-state index in [1.165, 1.54) is 5.01 Å². The second kappa shape index (κ2) is 7.58. The highest BCUT2D eigenvalue weighted by atomic mass is 35.5. The van der Waals surface area contributed by atoms with E-state index in [-0.39, 0.29) is 0 Å². The van der Waals surface area contributed by atoms with Gasteiger partial charge >= 0.3 is 0 Å². The lowest BCUT2D eigenvalue weighted by Crippen LogP contribution is -2.25. The van der Waals surface area contributed by atoms with Crippen LogP contribution in [0, 0.1) is 4.91 Å². The summed E-state index contributed by atoms with van der Waals surface area (Å²) in [5.74, 6) is 0.365. The number of nitrogens with one attached hydrogen (secondary N) is 1. The SMILES string of the molecule is O=NN(CCCl)CCNc1cccc(Cl)c1Cl. The fourth-order valence-electron chi connectivity index (χ4n) is 1.25. The van der Waals surface area contributed by atoms with Gasteiger partial charge in [0.2, 0.25) is 0 Å². The lowest BCUT2D eigenvalue weighted by atomic mass is 10.3. The first-order valence-electron chi connectivity index (χ1n) is 5.01. The Morgan fingerprint density at radius 1 is 1.29 bits per heavy atom. The van der Waals surface area contributed by atoms with Crippen molar-refractivity contribution in [2.24, 2.45) is 5.29 Å². The van der Waals surface area contributed by atoms with Gasteiger partial charge in [0.1, 0.15) is 0 Å². The first-order valence-corrected chi connectivity index (χ1v) is 6.30. The quantitative estimate of drug-likeness (QED) is 0.475. The molecule has 0 aliphatic carbocycles. The highest BCUT2D eigenvalue weighted by Gasteiger charge is 2.05. The van der Waals surface area contributed by atoms with Gasteiger partial charge in [0.05, 0.1) is 34.1 Å². The molecule has 0 spiro atoms. The molecule has 1 rings (SSSR count). The van der Waals surface area contributed by atoms with Gasteiger partial charge in [0.25, 0.3) is 0 Å². The molecule has 0 bridgehead atoms. The topological polar surface area (TPSA) is 44.7 Å². The number of nitroso groups, excluding NO2 is 1. The fourth-order valence-corrected chi connectivity index (χ4v) is 1.81. The fraction of sp³-hybridized carbons (Fsp3) is 0.400. The van der Waals surface area contributed by atoms with Crippen molar-refractivity contribution in [3.63, 3.8) is 0 Å². The van der Waals surface area contributed by atoms with Crippen molar-refractivity contribution in [2.75, 3.05) is 30.8 Å². The minimum atomic E-state index is 0.365. The highest BCUT2D eigenvalue weighted by molar-refractivity contribution is 6.43. The van der Waals surface area contributed by atoms with E-state index in [9.17, 15) is 4.91 Å². The van der Waals surface area contributed by atoms with Crippen LogP contribution in [0.1, 0.15) is 0 Å². The Hall–Kier alpha value is -0.710. The van der Waals surface area contributed by atoms with Gasteiger partial charge in [-0.25, -0.2) is 0 Å². The van der Waals surface area contributed by atoms with Crippen LogP contribution in [-0.2, 0) is 0 Å². The maximum Gasteiger partial charge on any atom is 0.0823 e. The molecule has 17 heavy (non-hydrogen) atoms. The molecule has 1 aromatic carbocycles. The van der Waals surface area contributed by atoms with E-state index in [1.54, 1.807) is 12.1 Å². The van der Waals surface area contributed by atoms with Gasteiger partial charge in [0, 0.05) is 12.4 Å². The van der Waals surface area contributed by atoms with Crippen molar-refractivity contribution in [2.45, 2.75) is 0 Å². The minimum absolute atomic E-state index is 0.365. The summed E-state index contributed by atoms with van der Waals surface area (Å²) in [4.78, 5) is 10.4. The molecule has 1 aromatic rings. The first kappa shape index (κ1) is 14.4. The molecular formula is C10H12Cl3N3O. The lowest BCUT2D eigenvalue weighted by molar-refractivity contribution is 0.313. The number of halogens is 3. The van der Waals surface area contributed by atoms with E-state index in [4.69, 9.17) is 34.8 Å². The summed E-state index contributed by atoms with van der Waals surface area (Å²) in [6, 6.07) is 5.32. The van der Waals surface area contributed by atoms with E-state index < -0.39 is 0 Å². The summed E-state index contributed by atoms with van der Waals surface area (Å²) >= 11 is 17.4. The maximum atomic E-state index is 10.4. The Morgan fingerprint density at radius 3 is 2.71 bits per heavy atom.